The number of hydrogen-bond acceptors (Lipinski definition) is 4. The van der Waals surface area contributed by atoms with Crippen LogP contribution in [0.2, 0.25) is 0 Å². The molecule has 2 unspecified atom stereocenters. The molecule has 1 amide bonds. The lowest BCUT2D eigenvalue weighted by atomic mass is 9.79. The number of aryl methyl sites for hydroxylation is 1. The minimum Gasteiger partial charge on any atom is -0.330 e. The van der Waals surface area contributed by atoms with Crippen LogP contribution in [0.5, 0.6) is 0 Å². The van der Waals surface area contributed by atoms with E-state index in [0.717, 1.165) is 29.2 Å². The molecule has 1 saturated carbocycles. The SMILES string of the molecule is Cc1cc(C(=O)N2CCC(C3CCCC3)C(=O)C2)nc2c1=CC(NCC(F)(F)F)CC=2C(C)(C)C. The first-order valence-electron chi connectivity index (χ1n) is 12.7. The van der Waals surface area contributed by atoms with E-state index in [1.165, 1.54) is 12.8 Å². The van der Waals surface area contributed by atoms with Gasteiger partial charge >= 0.3 is 6.18 Å². The van der Waals surface area contributed by atoms with Crippen molar-refractivity contribution in [3.8, 4) is 0 Å². The van der Waals surface area contributed by atoms with E-state index < -0.39 is 18.8 Å². The molecule has 3 aliphatic rings. The van der Waals surface area contributed by atoms with Gasteiger partial charge < -0.3 is 10.2 Å². The molecule has 4 rings (SSSR count). The topological polar surface area (TPSA) is 62.3 Å². The van der Waals surface area contributed by atoms with Gasteiger partial charge in [0.2, 0.25) is 0 Å². The lowest BCUT2D eigenvalue weighted by Gasteiger charge is -2.33. The van der Waals surface area contributed by atoms with Gasteiger partial charge in [-0.05, 0) is 61.1 Å². The van der Waals surface area contributed by atoms with Gasteiger partial charge in [-0.2, -0.15) is 13.2 Å². The largest absolute Gasteiger partial charge is 0.401 e. The molecule has 8 heteroatoms. The van der Waals surface area contributed by atoms with Crippen LogP contribution in [0.25, 0.3) is 11.6 Å². The summed E-state index contributed by atoms with van der Waals surface area (Å²) < 4.78 is 38.4. The van der Waals surface area contributed by atoms with E-state index in [1.54, 1.807) is 17.0 Å². The zero-order valence-electron chi connectivity index (χ0n) is 21.1. The third-order valence-electron chi connectivity index (χ3n) is 7.76. The molecule has 0 radical (unpaired) electrons. The van der Waals surface area contributed by atoms with Crippen molar-refractivity contribution >= 4 is 23.3 Å². The predicted molar refractivity (Wildman–Crippen MR) is 129 cm³/mol. The number of hydrogen-bond donors (Lipinski definition) is 1. The van der Waals surface area contributed by atoms with Crippen molar-refractivity contribution in [3.63, 3.8) is 0 Å². The Hall–Kier alpha value is -2.22. The summed E-state index contributed by atoms with van der Waals surface area (Å²) >= 11 is 0. The third-order valence-corrected chi connectivity index (χ3v) is 7.76. The zero-order chi connectivity index (χ0) is 25.5. The highest BCUT2D eigenvalue weighted by atomic mass is 19.4. The molecule has 0 aromatic carbocycles. The van der Waals surface area contributed by atoms with Crippen molar-refractivity contribution in [3.05, 3.63) is 27.9 Å². The lowest BCUT2D eigenvalue weighted by Crippen LogP contribution is -2.49. The fourth-order valence-corrected chi connectivity index (χ4v) is 5.88. The van der Waals surface area contributed by atoms with Crippen molar-refractivity contribution in [2.75, 3.05) is 19.6 Å². The second-order valence-corrected chi connectivity index (χ2v) is 11.4. The summed E-state index contributed by atoms with van der Waals surface area (Å²) in [6.07, 6.45) is 3.19. The summed E-state index contributed by atoms with van der Waals surface area (Å²) in [5.74, 6) is 0.429. The third kappa shape index (κ3) is 5.79. The Kier molecular flexibility index (Phi) is 7.15. The van der Waals surface area contributed by atoms with Gasteiger partial charge in [0, 0.05) is 23.7 Å². The maximum atomic E-state index is 13.4. The van der Waals surface area contributed by atoms with E-state index in [0.29, 0.717) is 36.3 Å². The molecule has 1 saturated heterocycles. The fraction of sp³-hybridized carbons (Fsp3) is 0.667. The Labute approximate surface area is 204 Å². The maximum absolute atomic E-state index is 13.4. The van der Waals surface area contributed by atoms with Crippen LogP contribution in [0, 0.1) is 24.2 Å². The number of carbonyl (C=O) groups excluding carboxylic acids is 2. The minimum absolute atomic E-state index is 0.0661. The highest BCUT2D eigenvalue weighted by Gasteiger charge is 2.37. The van der Waals surface area contributed by atoms with Gasteiger partial charge in [0.05, 0.1) is 18.4 Å². The molecule has 2 atom stereocenters. The van der Waals surface area contributed by atoms with E-state index in [-0.39, 0.29) is 29.6 Å². The summed E-state index contributed by atoms with van der Waals surface area (Å²) in [6.45, 7) is 7.51. The number of carbonyl (C=O) groups is 2. The summed E-state index contributed by atoms with van der Waals surface area (Å²) in [4.78, 5) is 32.6. The number of rotatable bonds is 4. The Morgan fingerprint density at radius 1 is 1.17 bits per heavy atom. The molecule has 1 aromatic rings. The molecule has 192 valence electrons. The number of amides is 1. The lowest BCUT2D eigenvalue weighted by molar-refractivity contribution is -0.128. The number of pyridine rings is 1. The average molecular weight is 492 g/mol. The number of likely N-dealkylation sites (tertiary alicyclic amines) is 1. The summed E-state index contributed by atoms with van der Waals surface area (Å²) in [6, 6.07) is 1.24. The van der Waals surface area contributed by atoms with Crippen LogP contribution < -0.4 is 15.9 Å². The van der Waals surface area contributed by atoms with Gasteiger partial charge in [0.25, 0.3) is 5.91 Å². The van der Waals surface area contributed by atoms with Gasteiger partial charge in [-0.1, -0.05) is 39.7 Å². The Bertz CT molecular complexity index is 1110. The average Bonchev–Trinajstić information content (AvgIpc) is 3.30. The number of nitrogens with zero attached hydrogens (tertiary/aromatic N) is 2. The van der Waals surface area contributed by atoms with Crippen molar-refractivity contribution in [2.45, 2.75) is 78.4 Å². The molecular weight excluding hydrogens is 455 g/mol. The van der Waals surface area contributed by atoms with E-state index in [2.05, 4.69) is 5.32 Å². The number of alkyl halides is 3. The van der Waals surface area contributed by atoms with Crippen LogP contribution in [0.3, 0.4) is 0 Å². The van der Waals surface area contributed by atoms with Gasteiger partial charge in [0.1, 0.15) is 5.69 Å². The molecule has 0 spiro atoms. The Morgan fingerprint density at radius 3 is 2.46 bits per heavy atom. The molecule has 1 aliphatic heterocycles. The zero-order valence-corrected chi connectivity index (χ0v) is 21.1. The van der Waals surface area contributed by atoms with Crippen LogP contribution in [0.15, 0.2) is 6.07 Å². The van der Waals surface area contributed by atoms with Crippen molar-refractivity contribution in [2.24, 2.45) is 17.3 Å². The first-order valence-corrected chi connectivity index (χ1v) is 12.7. The summed E-state index contributed by atoms with van der Waals surface area (Å²) in [5.41, 5.74) is 1.68. The molecule has 5 nitrogen and oxygen atoms in total. The van der Waals surface area contributed by atoms with Gasteiger partial charge in [-0.25, -0.2) is 4.98 Å². The monoisotopic (exact) mass is 491 g/mol. The van der Waals surface area contributed by atoms with Crippen molar-refractivity contribution in [1.29, 1.82) is 0 Å². The van der Waals surface area contributed by atoms with Crippen LogP contribution in [-0.2, 0) is 4.79 Å². The highest BCUT2D eigenvalue weighted by molar-refractivity contribution is 5.96. The van der Waals surface area contributed by atoms with E-state index in [1.807, 2.05) is 27.7 Å². The molecule has 2 aliphatic carbocycles. The van der Waals surface area contributed by atoms with Crippen molar-refractivity contribution in [1.82, 2.24) is 15.2 Å². The molecule has 1 aromatic heterocycles. The minimum atomic E-state index is -4.29. The van der Waals surface area contributed by atoms with Crippen LogP contribution in [-0.4, -0.2) is 53.4 Å². The number of ketones is 1. The van der Waals surface area contributed by atoms with Gasteiger partial charge in [0.15, 0.2) is 5.78 Å². The van der Waals surface area contributed by atoms with Crippen molar-refractivity contribution < 1.29 is 22.8 Å². The second kappa shape index (κ2) is 9.68. The predicted octanol–water partition coefficient (Wildman–Crippen LogP) is 3.51. The Morgan fingerprint density at radius 2 is 1.86 bits per heavy atom. The van der Waals surface area contributed by atoms with Gasteiger partial charge in [-0.3, -0.25) is 9.59 Å². The first kappa shape index (κ1) is 25.9. The smallest absolute Gasteiger partial charge is 0.330 e. The molecule has 0 bridgehead atoms. The fourth-order valence-electron chi connectivity index (χ4n) is 5.88. The van der Waals surface area contributed by atoms with Crippen LogP contribution in [0.1, 0.15) is 75.3 Å². The van der Waals surface area contributed by atoms with Gasteiger partial charge in [-0.15, -0.1) is 0 Å². The quantitative estimate of drug-likeness (QED) is 0.700. The number of aromatic nitrogens is 1. The number of halogens is 3. The van der Waals surface area contributed by atoms with E-state index in [4.69, 9.17) is 4.98 Å². The molecule has 2 heterocycles. The molecular formula is C27H36F3N3O2. The number of Topliss-reactive ketones (excluding diaryl/α,β-unsaturated/α-hetero) is 1. The van der Waals surface area contributed by atoms with E-state index >= 15 is 0 Å². The highest BCUT2D eigenvalue weighted by Crippen LogP contribution is 2.35. The number of nitrogens with one attached hydrogen (secondary N) is 1. The number of fused-ring (bicyclic) bond motifs is 1. The summed E-state index contributed by atoms with van der Waals surface area (Å²) in [7, 11) is 0. The maximum Gasteiger partial charge on any atom is 0.401 e. The van der Waals surface area contributed by atoms with Crippen LogP contribution >= 0.6 is 0 Å². The van der Waals surface area contributed by atoms with E-state index in [9.17, 15) is 22.8 Å². The van der Waals surface area contributed by atoms with Crippen LogP contribution in [0.4, 0.5) is 13.2 Å². The number of piperidine rings is 1. The first-order chi connectivity index (χ1) is 16.3. The second-order valence-electron chi connectivity index (χ2n) is 11.4. The summed E-state index contributed by atoms with van der Waals surface area (Å²) in [5, 5.41) is 4.06. The standard InChI is InChI=1S/C27H36F3N3O2/c1-16-11-22(25(35)33-10-9-19(23(34)14-33)17-7-5-6-8-17)32-24-20(16)12-18(31-15-27(28,29)30)13-21(24)26(2,3)4/h11-12,17-19,31H,5-10,13-15H2,1-4H3. The molecule has 2 fully saturated rings. The molecule has 35 heavy (non-hydrogen) atoms. The Balaban J connectivity index is 1.62. The normalized spacial score (nSPS) is 23.9. The molecule has 1 N–H and O–H groups in total.